The van der Waals surface area contributed by atoms with Gasteiger partial charge in [-0.25, -0.2) is 9.98 Å². The van der Waals surface area contributed by atoms with E-state index in [1.54, 1.807) is 0 Å². The topological polar surface area (TPSA) is 80.2 Å². The predicted octanol–water partition coefficient (Wildman–Crippen LogP) is 3.49. The zero-order valence-corrected chi connectivity index (χ0v) is 21.7. The summed E-state index contributed by atoms with van der Waals surface area (Å²) in [5.41, 5.74) is 2.23. The highest BCUT2D eigenvalue weighted by atomic mass is 35.5. The minimum atomic E-state index is -0.260. The highest BCUT2D eigenvalue weighted by molar-refractivity contribution is 6.28. The molecule has 1 aromatic rings. The second kappa shape index (κ2) is 14.0. The number of likely N-dealkylation sites (tertiary alicyclic amines) is 1. The van der Waals surface area contributed by atoms with E-state index in [1.807, 2.05) is 13.8 Å². The Kier molecular flexibility index (Phi) is 10.8. The van der Waals surface area contributed by atoms with Gasteiger partial charge in [0.1, 0.15) is 18.0 Å². The van der Waals surface area contributed by atoms with Crippen LogP contribution in [0.5, 0.6) is 0 Å². The van der Waals surface area contributed by atoms with Crippen LogP contribution in [0.3, 0.4) is 0 Å². The van der Waals surface area contributed by atoms with E-state index in [9.17, 15) is 4.79 Å². The number of halogens is 1. The lowest BCUT2D eigenvalue weighted by atomic mass is 9.97. The molecule has 0 aromatic carbocycles. The number of piperidine rings is 1. The van der Waals surface area contributed by atoms with E-state index in [0.29, 0.717) is 43.5 Å². The van der Waals surface area contributed by atoms with Crippen molar-refractivity contribution < 1.29 is 14.3 Å². The molecule has 1 aromatic heterocycles. The molecule has 8 nitrogen and oxygen atoms in total. The molecule has 0 radical (unpaired) electrons. The number of aliphatic imine (C=N–C) groups is 1. The van der Waals surface area contributed by atoms with Gasteiger partial charge in [0.05, 0.1) is 13.2 Å². The van der Waals surface area contributed by atoms with Crippen LogP contribution in [0.25, 0.3) is 0 Å². The number of aromatic nitrogens is 2. The van der Waals surface area contributed by atoms with Gasteiger partial charge in [-0.05, 0) is 50.4 Å². The highest BCUT2D eigenvalue weighted by Gasteiger charge is 2.22. The number of rotatable bonds is 6. The molecule has 0 aliphatic carbocycles. The van der Waals surface area contributed by atoms with Gasteiger partial charge in [-0.1, -0.05) is 24.7 Å². The first-order valence-electron chi connectivity index (χ1n) is 12.2. The maximum atomic E-state index is 10.8. The molecule has 2 aliphatic rings. The molecule has 0 N–H and O–H groups in total. The second-order valence-corrected chi connectivity index (χ2v) is 8.91. The minimum Gasteiger partial charge on any atom is -0.465 e. The van der Waals surface area contributed by atoms with Crippen LogP contribution in [0.2, 0.25) is 5.28 Å². The predicted molar refractivity (Wildman–Crippen MR) is 138 cm³/mol. The summed E-state index contributed by atoms with van der Waals surface area (Å²) in [6.07, 6.45) is 3.34. The van der Waals surface area contributed by atoms with Crippen LogP contribution in [0.15, 0.2) is 4.99 Å². The highest BCUT2D eigenvalue weighted by Crippen LogP contribution is 2.31. The lowest BCUT2D eigenvalue weighted by Crippen LogP contribution is -2.37. The summed E-state index contributed by atoms with van der Waals surface area (Å²) < 4.78 is 10.4. The smallest absolute Gasteiger partial charge is 0.302 e. The average molecular weight is 500 g/mol. The summed E-state index contributed by atoms with van der Waals surface area (Å²) in [4.78, 5) is 29.2. The van der Waals surface area contributed by atoms with Crippen molar-refractivity contribution in [3.05, 3.63) is 11.0 Å². The summed E-state index contributed by atoms with van der Waals surface area (Å²) in [7, 11) is 0. The molecule has 0 spiro atoms. The Morgan fingerprint density at radius 1 is 1.17 bits per heavy atom. The quantitative estimate of drug-likeness (QED) is 0.195. The van der Waals surface area contributed by atoms with Crippen molar-refractivity contribution in [2.24, 2.45) is 10.9 Å². The normalized spacial score (nSPS) is 17.3. The van der Waals surface area contributed by atoms with Gasteiger partial charge >= 0.3 is 5.97 Å². The monoisotopic (exact) mass is 499 g/mol. The van der Waals surface area contributed by atoms with E-state index < -0.39 is 0 Å². The van der Waals surface area contributed by atoms with Gasteiger partial charge in [0.2, 0.25) is 5.28 Å². The van der Waals surface area contributed by atoms with E-state index in [4.69, 9.17) is 26.1 Å². The molecule has 35 heavy (non-hydrogen) atoms. The van der Waals surface area contributed by atoms with Crippen molar-refractivity contribution >= 4 is 34.8 Å². The van der Waals surface area contributed by atoms with Crippen LogP contribution in [0.1, 0.15) is 52.1 Å². The first-order chi connectivity index (χ1) is 17.0. The molecule has 9 heteroatoms. The summed E-state index contributed by atoms with van der Waals surface area (Å²) in [6, 6.07) is 0. The van der Waals surface area contributed by atoms with Crippen LogP contribution < -0.4 is 4.90 Å². The largest absolute Gasteiger partial charge is 0.465 e. The molecule has 0 atom stereocenters. The number of carbonyl (C=O) groups is 1. The average Bonchev–Trinajstić information content (AvgIpc) is 2.85. The summed E-state index contributed by atoms with van der Waals surface area (Å²) in [5.74, 6) is 13.5. The minimum absolute atomic E-state index is 0.180. The Bertz CT molecular complexity index is 1020. The first kappa shape index (κ1) is 26.9. The van der Waals surface area contributed by atoms with E-state index in [0.717, 1.165) is 63.5 Å². The molecule has 0 saturated carbocycles. The Balaban J connectivity index is 1.67. The molecule has 0 unspecified atom stereocenters. The lowest BCUT2D eigenvalue weighted by molar-refractivity contribution is -0.140. The van der Waals surface area contributed by atoms with Crippen LogP contribution in [-0.4, -0.2) is 79.1 Å². The third-order valence-electron chi connectivity index (χ3n) is 5.71. The number of nitrogens with zero attached hydrogens (tertiary/aromatic N) is 5. The van der Waals surface area contributed by atoms with Crippen molar-refractivity contribution in [2.75, 3.05) is 57.4 Å². The summed E-state index contributed by atoms with van der Waals surface area (Å²) in [6.45, 7) is 11.2. The van der Waals surface area contributed by atoms with Crippen LogP contribution in [-0.2, 0) is 14.3 Å². The van der Waals surface area contributed by atoms with Crippen molar-refractivity contribution in [1.29, 1.82) is 0 Å². The molecular formula is C26H34ClN5O3. The number of esters is 1. The number of morpholine rings is 1. The van der Waals surface area contributed by atoms with E-state index in [-0.39, 0.29) is 11.3 Å². The Morgan fingerprint density at radius 2 is 1.91 bits per heavy atom. The van der Waals surface area contributed by atoms with E-state index in [1.165, 1.54) is 6.92 Å². The molecule has 188 valence electrons. The third kappa shape index (κ3) is 8.81. The van der Waals surface area contributed by atoms with Gasteiger partial charge < -0.3 is 14.4 Å². The number of ether oxygens (including phenoxy) is 2. The molecule has 0 amide bonds. The molecule has 0 bridgehead atoms. The maximum Gasteiger partial charge on any atom is 0.302 e. The fourth-order valence-corrected chi connectivity index (χ4v) is 4.19. The van der Waals surface area contributed by atoms with Crippen molar-refractivity contribution in [1.82, 2.24) is 14.9 Å². The van der Waals surface area contributed by atoms with E-state index in [2.05, 4.69) is 43.4 Å². The lowest BCUT2D eigenvalue weighted by Gasteiger charge is -2.30. The van der Waals surface area contributed by atoms with Crippen molar-refractivity contribution in [3.8, 4) is 23.7 Å². The van der Waals surface area contributed by atoms with Gasteiger partial charge in [0, 0.05) is 51.0 Å². The molecule has 3 heterocycles. The number of anilines is 1. The maximum absolute atomic E-state index is 10.8. The van der Waals surface area contributed by atoms with Crippen molar-refractivity contribution in [2.45, 2.75) is 46.5 Å². The standard InChI is InChI=1S/C26H34ClN5O3/c1-4-5-9-23-24(25(30-26(27)29-23)32-14-17-34-18-15-32)28-20(2)19-31-12-10-22(11-13-31)8-6-7-16-35-21(3)33/h22H,4,7,10-19H2,1-3H3/b28-20+. The Hall–Kier alpha value is -2.65. The van der Waals surface area contributed by atoms with Crippen molar-refractivity contribution in [3.63, 3.8) is 0 Å². The number of hydrogen-bond donors (Lipinski definition) is 0. The van der Waals surface area contributed by atoms with Crippen LogP contribution in [0.4, 0.5) is 11.5 Å². The zero-order chi connectivity index (χ0) is 25.0. The number of carbonyl (C=O) groups excluding carboxylic acids is 1. The Morgan fingerprint density at radius 3 is 2.60 bits per heavy atom. The summed E-state index contributed by atoms with van der Waals surface area (Å²) in [5, 5.41) is 0.180. The Labute approximate surface area is 213 Å². The molecule has 2 saturated heterocycles. The molecule has 2 fully saturated rings. The molecular weight excluding hydrogens is 466 g/mol. The van der Waals surface area contributed by atoms with Gasteiger partial charge in [-0.15, -0.1) is 0 Å². The summed E-state index contributed by atoms with van der Waals surface area (Å²) >= 11 is 6.26. The van der Waals surface area contributed by atoms with Gasteiger partial charge in [-0.2, -0.15) is 4.98 Å². The third-order valence-corrected chi connectivity index (χ3v) is 5.88. The fourth-order valence-electron chi connectivity index (χ4n) is 4.02. The second-order valence-electron chi connectivity index (χ2n) is 8.58. The van der Waals surface area contributed by atoms with Gasteiger partial charge in [0.15, 0.2) is 5.82 Å². The molecule has 3 rings (SSSR count). The zero-order valence-electron chi connectivity index (χ0n) is 20.9. The van der Waals surface area contributed by atoms with Crippen LogP contribution in [0, 0.1) is 29.6 Å². The first-order valence-corrected chi connectivity index (χ1v) is 12.6. The van der Waals surface area contributed by atoms with Crippen LogP contribution >= 0.6 is 11.6 Å². The number of hydrogen-bond acceptors (Lipinski definition) is 8. The SMILES string of the molecule is CCC#Cc1nc(Cl)nc(N2CCOCC2)c1/N=C(\C)CN1CCC(C#CCCOC(C)=O)CC1. The fraction of sp³-hybridized carbons (Fsp3) is 0.615. The van der Waals surface area contributed by atoms with Gasteiger partial charge in [-0.3, -0.25) is 9.69 Å². The van der Waals surface area contributed by atoms with Gasteiger partial charge in [0.25, 0.3) is 0 Å². The van der Waals surface area contributed by atoms with E-state index >= 15 is 0 Å². The molecule has 2 aliphatic heterocycles.